The summed E-state index contributed by atoms with van der Waals surface area (Å²) < 4.78 is 18.1. The Kier molecular flexibility index (Phi) is 6.13. The van der Waals surface area contributed by atoms with Crippen LogP contribution < -0.4 is 14.8 Å². The molecule has 2 aromatic rings. The summed E-state index contributed by atoms with van der Waals surface area (Å²) in [5, 5.41) is 7.42. The summed E-state index contributed by atoms with van der Waals surface area (Å²) >= 11 is 0. The number of benzene rings is 1. The van der Waals surface area contributed by atoms with Crippen LogP contribution >= 0.6 is 0 Å². The summed E-state index contributed by atoms with van der Waals surface area (Å²) in [5.41, 5.74) is 3.88. The molecule has 0 radical (unpaired) electrons. The van der Waals surface area contributed by atoms with E-state index in [-0.39, 0.29) is 5.91 Å². The molecular formula is C20H25N3O4. The molecule has 7 heteroatoms. The van der Waals surface area contributed by atoms with Crippen molar-refractivity contribution in [2.75, 3.05) is 26.9 Å². The van der Waals surface area contributed by atoms with Crippen LogP contribution in [-0.2, 0) is 22.6 Å². The molecule has 3 rings (SSSR count). The fourth-order valence-corrected chi connectivity index (χ4v) is 2.96. The van der Waals surface area contributed by atoms with Crippen LogP contribution in [0.2, 0.25) is 0 Å². The summed E-state index contributed by atoms with van der Waals surface area (Å²) in [7, 11) is 1.67. The first-order valence-corrected chi connectivity index (χ1v) is 8.96. The lowest BCUT2D eigenvalue weighted by molar-refractivity contribution is -0.116. The molecule has 0 aliphatic carbocycles. The highest BCUT2D eigenvalue weighted by Gasteiger charge is 2.12. The highest BCUT2D eigenvalue weighted by atomic mass is 16.6. The zero-order chi connectivity index (χ0) is 19.2. The molecule has 1 aliphatic heterocycles. The number of fused-ring (bicyclic) bond motifs is 1. The molecule has 0 spiro atoms. The Morgan fingerprint density at radius 2 is 2.07 bits per heavy atom. The van der Waals surface area contributed by atoms with E-state index < -0.39 is 0 Å². The molecule has 0 unspecified atom stereocenters. The number of hydrogen-bond donors (Lipinski definition) is 1. The molecule has 2 heterocycles. The molecule has 0 atom stereocenters. The van der Waals surface area contributed by atoms with Gasteiger partial charge in [-0.2, -0.15) is 5.10 Å². The predicted octanol–water partition coefficient (Wildman–Crippen LogP) is 2.25. The number of rotatable bonds is 7. The number of methoxy groups -OCH3 is 1. The van der Waals surface area contributed by atoms with Gasteiger partial charge in [0.15, 0.2) is 11.5 Å². The van der Waals surface area contributed by atoms with Gasteiger partial charge in [0.2, 0.25) is 5.91 Å². The third-order valence-electron chi connectivity index (χ3n) is 4.47. The lowest BCUT2D eigenvalue weighted by atomic mass is 10.1. The maximum Gasteiger partial charge on any atom is 0.244 e. The van der Waals surface area contributed by atoms with E-state index in [4.69, 9.17) is 14.2 Å². The van der Waals surface area contributed by atoms with Gasteiger partial charge in [-0.25, -0.2) is 0 Å². The van der Waals surface area contributed by atoms with Crippen LogP contribution in [0, 0.1) is 13.8 Å². The van der Waals surface area contributed by atoms with E-state index in [1.165, 1.54) is 6.08 Å². The first kappa shape index (κ1) is 19.0. The normalized spacial score (nSPS) is 13.1. The standard InChI is InChI=1S/C20H25N3O4/c1-14-17(15(2)23(22-14)8-9-25-3)13-21-20(24)7-5-16-4-6-18-19(12-16)27-11-10-26-18/h4-7,12H,8-11,13H2,1-3H3,(H,21,24)/b7-5+. The number of aromatic nitrogens is 2. The molecule has 27 heavy (non-hydrogen) atoms. The van der Waals surface area contributed by atoms with Crippen LogP contribution in [0.15, 0.2) is 24.3 Å². The van der Waals surface area contributed by atoms with E-state index in [1.807, 2.05) is 36.7 Å². The average Bonchev–Trinajstić information content (AvgIpc) is 2.95. The molecule has 0 saturated carbocycles. The Labute approximate surface area is 158 Å². The van der Waals surface area contributed by atoms with Crippen molar-refractivity contribution >= 4 is 12.0 Å². The molecule has 0 bridgehead atoms. The number of amides is 1. The Hall–Kier alpha value is -2.80. The van der Waals surface area contributed by atoms with E-state index in [1.54, 1.807) is 13.2 Å². The Morgan fingerprint density at radius 3 is 2.85 bits per heavy atom. The van der Waals surface area contributed by atoms with Crippen molar-refractivity contribution in [1.29, 1.82) is 0 Å². The largest absolute Gasteiger partial charge is 0.486 e. The molecule has 0 fully saturated rings. The summed E-state index contributed by atoms with van der Waals surface area (Å²) in [6.07, 6.45) is 3.28. The highest BCUT2D eigenvalue weighted by Crippen LogP contribution is 2.31. The molecule has 1 amide bonds. The number of nitrogens with zero attached hydrogens (tertiary/aromatic N) is 2. The van der Waals surface area contributed by atoms with Crippen LogP contribution in [-0.4, -0.2) is 42.6 Å². The fraction of sp³-hybridized carbons (Fsp3) is 0.400. The van der Waals surface area contributed by atoms with E-state index in [0.717, 1.165) is 28.3 Å². The molecular weight excluding hydrogens is 346 g/mol. The second-order valence-corrected chi connectivity index (χ2v) is 6.32. The number of aryl methyl sites for hydroxylation is 1. The van der Waals surface area contributed by atoms with Crippen molar-refractivity contribution in [3.05, 3.63) is 46.8 Å². The van der Waals surface area contributed by atoms with Crippen molar-refractivity contribution in [2.24, 2.45) is 0 Å². The van der Waals surface area contributed by atoms with Crippen LogP contribution in [0.4, 0.5) is 0 Å². The molecule has 1 aromatic carbocycles. The Balaban J connectivity index is 1.58. The number of hydrogen-bond acceptors (Lipinski definition) is 5. The summed E-state index contributed by atoms with van der Waals surface area (Å²) in [6.45, 7) is 6.79. The quantitative estimate of drug-likeness (QED) is 0.756. The van der Waals surface area contributed by atoms with Crippen molar-refractivity contribution in [1.82, 2.24) is 15.1 Å². The Bertz CT molecular complexity index is 842. The van der Waals surface area contributed by atoms with Crippen molar-refractivity contribution in [3.63, 3.8) is 0 Å². The molecule has 1 aromatic heterocycles. The average molecular weight is 371 g/mol. The van der Waals surface area contributed by atoms with Crippen LogP contribution in [0.1, 0.15) is 22.5 Å². The third-order valence-corrected chi connectivity index (χ3v) is 4.47. The van der Waals surface area contributed by atoms with E-state index in [9.17, 15) is 4.79 Å². The summed E-state index contributed by atoms with van der Waals surface area (Å²) in [6, 6.07) is 5.62. The zero-order valence-electron chi connectivity index (χ0n) is 15.9. The van der Waals surface area contributed by atoms with Gasteiger partial charge in [-0.1, -0.05) is 6.07 Å². The number of carbonyl (C=O) groups excluding carboxylic acids is 1. The number of ether oxygens (including phenoxy) is 3. The van der Waals surface area contributed by atoms with Gasteiger partial charge in [0, 0.05) is 31.0 Å². The first-order valence-electron chi connectivity index (χ1n) is 8.96. The molecule has 144 valence electrons. The summed E-state index contributed by atoms with van der Waals surface area (Å²) in [4.78, 5) is 12.2. The van der Waals surface area contributed by atoms with E-state index >= 15 is 0 Å². The van der Waals surface area contributed by atoms with Gasteiger partial charge in [0.1, 0.15) is 13.2 Å². The smallest absolute Gasteiger partial charge is 0.244 e. The minimum atomic E-state index is -0.159. The maximum absolute atomic E-state index is 12.2. The minimum Gasteiger partial charge on any atom is -0.486 e. The SMILES string of the molecule is COCCn1nc(C)c(CNC(=O)/C=C/c2ccc3c(c2)OCCO3)c1C. The van der Waals surface area contributed by atoms with Crippen LogP contribution in [0.25, 0.3) is 6.08 Å². The zero-order valence-corrected chi connectivity index (χ0v) is 15.9. The van der Waals surface area contributed by atoms with E-state index in [0.29, 0.717) is 38.7 Å². The lowest BCUT2D eigenvalue weighted by Crippen LogP contribution is -2.21. The highest BCUT2D eigenvalue weighted by molar-refractivity contribution is 5.91. The van der Waals surface area contributed by atoms with E-state index in [2.05, 4.69) is 10.4 Å². The second-order valence-electron chi connectivity index (χ2n) is 6.32. The predicted molar refractivity (Wildman–Crippen MR) is 102 cm³/mol. The molecule has 1 N–H and O–H groups in total. The van der Waals surface area contributed by atoms with Crippen LogP contribution in [0.3, 0.4) is 0 Å². The third kappa shape index (κ3) is 4.68. The Morgan fingerprint density at radius 1 is 1.30 bits per heavy atom. The molecule has 7 nitrogen and oxygen atoms in total. The van der Waals surface area contributed by atoms with Gasteiger partial charge in [-0.05, 0) is 37.6 Å². The lowest BCUT2D eigenvalue weighted by Gasteiger charge is -2.18. The van der Waals surface area contributed by atoms with Gasteiger partial charge in [0.25, 0.3) is 0 Å². The van der Waals surface area contributed by atoms with Gasteiger partial charge >= 0.3 is 0 Å². The fourth-order valence-electron chi connectivity index (χ4n) is 2.96. The van der Waals surface area contributed by atoms with Crippen molar-refractivity contribution < 1.29 is 19.0 Å². The van der Waals surface area contributed by atoms with Crippen molar-refractivity contribution in [2.45, 2.75) is 26.9 Å². The topological polar surface area (TPSA) is 74.6 Å². The molecule has 1 aliphatic rings. The second kappa shape index (κ2) is 8.73. The maximum atomic E-state index is 12.2. The van der Waals surface area contributed by atoms with Gasteiger partial charge in [-0.15, -0.1) is 0 Å². The number of carbonyl (C=O) groups is 1. The van der Waals surface area contributed by atoms with Crippen LogP contribution in [0.5, 0.6) is 11.5 Å². The molecule has 0 saturated heterocycles. The van der Waals surface area contributed by atoms with Gasteiger partial charge in [0.05, 0.1) is 18.8 Å². The number of nitrogens with one attached hydrogen (secondary N) is 1. The van der Waals surface area contributed by atoms with Gasteiger partial charge < -0.3 is 19.5 Å². The monoisotopic (exact) mass is 371 g/mol. The summed E-state index contributed by atoms with van der Waals surface area (Å²) in [5.74, 6) is 1.28. The first-order chi connectivity index (χ1) is 13.1. The van der Waals surface area contributed by atoms with Gasteiger partial charge in [-0.3, -0.25) is 9.48 Å². The van der Waals surface area contributed by atoms with Crippen molar-refractivity contribution in [3.8, 4) is 11.5 Å². The minimum absolute atomic E-state index is 0.159.